The summed E-state index contributed by atoms with van der Waals surface area (Å²) in [7, 11) is 1.27. The van der Waals surface area contributed by atoms with E-state index in [0.29, 0.717) is 30.6 Å². The summed E-state index contributed by atoms with van der Waals surface area (Å²) in [6.07, 6.45) is -3.00. The molecule has 2 amide bonds. The van der Waals surface area contributed by atoms with Gasteiger partial charge in [0.15, 0.2) is 0 Å². The van der Waals surface area contributed by atoms with Gasteiger partial charge >= 0.3 is 18.4 Å². The highest BCUT2D eigenvalue weighted by molar-refractivity contribution is 5.93. The Morgan fingerprint density at radius 2 is 2.11 bits per heavy atom. The van der Waals surface area contributed by atoms with Crippen molar-refractivity contribution in [2.45, 2.75) is 31.8 Å². The first-order valence-corrected chi connectivity index (χ1v) is 8.69. The lowest BCUT2D eigenvalue weighted by molar-refractivity contribution is -0.168. The van der Waals surface area contributed by atoms with Crippen molar-refractivity contribution in [3.8, 4) is 0 Å². The zero-order valence-corrected chi connectivity index (χ0v) is 15.3. The normalized spacial score (nSPS) is 17.5. The minimum absolute atomic E-state index is 0.240. The number of rotatable bonds is 7. The van der Waals surface area contributed by atoms with E-state index in [0.717, 1.165) is 0 Å². The summed E-state index contributed by atoms with van der Waals surface area (Å²) in [5.41, 5.74) is 0.865. The number of benzene rings is 1. The van der Waals surface area contributed by atoms with Crippen LogP contribution in [0.4, 0.5) is 28.0 Å². The zero-order chi connectivity index (χ0) is 20.7. The van der Waals surface area contributed by atoms with Crippen LogP contribution in [0.3, 0.4) is 0 Å². The highest BCUT2D eigenvalue weighted by Gasteiger charge is 2.40. The van der Waals surface area contributed by atoms with Gasteiger partial charge in [0.2, 0.25) is 5.91 Å². The zero-order valence-electron chi connectivity index (χ0n) is 15.3. The van der Waals surface area contributed by atoms with Crippen LogP contribution in [0.15, 0.2) is 24.3 Å². The summed E-state index contributed by atoms with van der Waals surface area (Å²) < 4.78 is 59.3. The predicted molar refractivity (Wildman–Crippen MR) is 92.4 cm³/mol. The Balaban J connectivity index is 1.89. The number of carbonyl (C=O) groups excluding carboxylic acids is 2. The molecule has 1 atom stereocenters. The average Bonchev–Trinajstić information content (AvgIpc) is 2.67. The molecule has 0 spiro atoms. The van der Waals surface area contributed by atoms with Gasteiger partial charge in [-0.2, -0.15) is 8.78 Å². The lowest BCUT2D eigenvalue weighted by atomic mass is 9.97. The number of likely N-dealkylation sites (tertiary alicyclic amines) is 1. The fourth-order valence-corrected chi connectivity index (χ4v) is 2.84. The van der Waals surface area contributed by atoms with Gasteiger partial charge in [-0.25, -0.2) is 13.6 Å². The van der Waals surface area contributed by atoms with Crippen molar-refractivity contribution < 1.29 is 36.6 Å². The fourth-order valence-electron chi connectivity index (χ4n) is 2.84. The third-order valence-corrected chi connectivity index (χ3v) is 4.30. The summed E-state index contributed by atoms with van der Waals surface area (Å²) in [4.78, 5) is 25.5. The van der Waals surface area contributed by atoms with Gasteiger partial charge in [-0.15, -0.1) is 0 Å². The Morgan fingerprint density at radius 3 is 2.79 bits per heavy atom. The van der Waals surface area contributed by atoms with Crippen molar-refractivity contribution in [1.82, 2.24) is 4.90 Å². The van der Waals surface area contributed by atoms with Crippen LogP contribution in [0.25, 0.3) is 0 Å². The third-order valence-electron chi connectivity index (χ3n) is 4.30. The summed E-state index contributed by atoms with van der Waals surface area (Å²) in [6.45, 7) is -0.936. The van der Waals surface area contributed by atoms with Crippen molar-refractivity contribution in [3.05, 3.63) is 29.8 Å². The van der Waals surface area contributed by atoms with Crippen molar-refractivity contribution >= 4 is 17.7 Å². The van der Waals surface area contributed by atoms with Crippen LogP contribution in [-0.2, 0) is 20.9 Å². The van der Waals surface area contributed by atoms with Crippen LogP contribution in [0, 0.1) is 5.92 Å². The minimum Gasteiger partial charge on any atom is -0.453 e. The molecular weight excluding hydrogens is 384 g/mol. The molecule has 0 bridgehead atoms. The second kappa shape index (κ2) is 9.72. The Morgan fingerprint density at radius 1 is 1.36 bits per heavy atom. The van der Waals surface area contributed by atoms with Crippen LogP contribution in [-0.4, -0.2) is 56.1 Å². The van der Waals surface area contributed by atoms with E-state index in [1.165, 1.54) is 18.1 Å². The highest BCUT2D eigenvalue weighted by Crippen LogP contribution is 2.24. The van der Waals surface area contributed by atoms with Gasteiger partial charge in [0.1, 0.15) is 6.61 Å². The van der Waals surface area contributed by atoms with Crippen LogP contribution >= 0.6 is 0 Å². The standard InChI is InChI=1S/C18H22F4N2O4/c1-27-17(26)24-7-3-5-13(9-24)15(25)23-14-6-2-4-12(8-14)10-28-11-18(21,22)16(19)20/h2,4,6,8,13,16H,3,5,7,9-11H2,1H3,(H,23,25). The van der Waals surface area contributed by atoms with Gasteiger partial charge in [-0.1, -0.05) is 12.1 Å². The highest BCUT2D eigenvalue weighted by atomic mass is 19.3. The number of alkyl halides is 4. The third kappa shape index (κ3) is 6.08. The predicted octanol–water partition coefficient (Wildman–Crippen LogP) is 3.52. The molecule has 1 heterocycles. The average molecular weight is 406 g/mol. The number of anilines is 1. The molecule has 1 unspecified atom stereocenters. The van der Waals surface area contributed by atoms with Crippen LogP contribution < -0.4 is 5.32 Å². The summed E-state index contributed by atoms with van der Waals surface area (Å²) >= 11 is 0. The van der Waals surface area contributed by atoms with Gasteiger partial charge in [0.25, 0.3) is 0 Å². The molecule has 28 heavy (non-hydrogen) atoms. The monoisotopic (exact) mass is 406 g/mol. The largest absolute Gasteiger partial charge is 0.453 e. The molecule has 10 heteroatoms. The van der Waals surface area contributed by atoms with E-state index in [2.05, 4.69) is 14.8 Å². The maximum atomic E-state index is 12.9. The van der Waals surface area contributed by atoms with E-state index < -0.39 is 31.0 Å². The lowest BCUT2D eigenvalue weighted by Gasteiger charge is -2.30. The van der Waals surface area contributed by atoms with Gasteiger partial charge in [-0.3, -0.25) is 4.79 Å². The second-order valence-electron chi connectivity index (χ2n) is 6.50. The first-order valence-electron chi connectivity index (χ1n) is 8.69. The van der Waals surface area contributed by atoms with Crippen LogP contribution in [0.2, 0.25) is 0 Å². The number of nitrogens with zero attached hydrogens (tertiary/aromatic N) is 1. The molecular formula is C18H22F4N2O4. The molecule has 1 aliphatic heterocycles. The first kappa shape index (κ1) is 21.9. The van der Waals surface area contributed by atoms with E-state index in [9.17, 15) is 27.2 Å². The molecule has 156 valence electrons. The molecule has 1 aromatic carbocycles. The molecule has 1 fully saturated rings. The summed E-state index contributed by atoms with van der Waals surface area (Å²) in [5.74, 6) is -4.90. The quantitative estimate of drug-likeness (QED) is 0.704. The lowest BCUT2D eigenvalue weighted by Crippen LogP contribution is -2.43. The number of halogens is 4. The number of ether oxygens (including phenoxy) is 2. The smallest absolute Gasteiger partial charge is 0.409 e. The molecule has 0 aromatic heterocycles. The number of amides is 2. The Labute approximate surface area is 159 Å². The number of hydrogen-bond acceptors (Lipinski definition) is 4. The fraction of sp³-hybridized carbons (Fsp3) is 0.556. The van der Waals surface area contributed by atoms with Gasteiger partial charge in [-0.05, 0) is 30.5 Å². The van der Waals surface area contributed by atoms with Crippen molar-refractivity contribution in [2.24, 2.45) is 5.92 Å². The molecule has 1 aromatic rings. The summed E-state index contributed by atoms with van der Waals surface area (Å²) in [6, 6.07) is 6.27. The number of methoxy groups -OCH3 is 1. The minimum atomic E-state index is -4.21. The van der Waals surface area contributed by atoms with Gasteiger partial charge < -0.3 is 19.7 Å². The molecule has 1 N–H and O–H groups in total. The second-order valence-corrected chi connectivity index (χ2v) is 6.50. The topological polar surface area (TPSA) is 67.9 Å². The first-order chi connectivity index (χ1) is 13.2. The molecule has 0 radical (unpaired) electrons. The van der Waals surface area contributed by atoms with E-state index in [4.69, 9.17) is 0 Å². The maximum absolute atomic E-state index is 12.9. The van der Waals surface area contributed by atoms with Crippen molar-refractivity contribution in [1.29, 1.82) is 0 Å². The van der Waals surface area contributed by atoms with E-state index in [-0.39, 0.29) is 19.1 Å². The van der Waals surface area contributed by atoms with Crippen LogP contribution in [0.1, 0.15) is 18.4 Å². The molecule has 6 nitrogen and oxygen atoms in total. The van der Waals surface area contributed by atoms with E-state index >= 15 is 0 Å². The maximum Gasteiger partial charge on any atom is 0.409 e. The molecule has 0 saturated carbocycles. The molecule has 1 aliphatic rings. The Bertz CT molecular complexity index is 687. The van der Waals surface area contributed by atoms with Crippen molar-refractivity contribution in [2.75, 3.05) is 32.1 Å². The molecule has 2 rings (SSSR count). The SMILES string of the molecule is COC(=O)N1CCCC(C(=O)Nc2cccc(COCC(F)(F)C(F)F)c2)C1. The van der Waals surface area contributed by atoms with Gasteiger partial charge in [0, 0.05) is 18.8 Å². The van der Waals surface area contributed by atoms with Crippen LogP contribution in [0.5, 0.6) is 0 Å². The Hall–Kier alpha value is -2.36. The number of nitrogens with one attached hydrogen (secondary N) is 1. The summed E-state index contributed by atoms with van der Waals surface area (Å²) in [5, 5.41) is 2.71. The number of carbonyl (C=O) groups is 2. The number of hydrogen-bond donors (Lipinski definition) is 1. The van der Waals surface area contributed by atoms with E-state index in [1.807, 2.05) is 0 Å². The Kier molecular flexibility index (Phi) is 7.61. The molecule has 1 saturated heterocycles. The van der Waals surface area contributed by atoms with Crippen molar-refractivity contribution in [3.63, 3.8) is 0 Å². The molecule has 0 aliphatic carbocycles. The van der Waals surface area contributed by atoms with E-state index in [1.54, 1.807) is 18.2 Å². The van der Waals surface area contributed by atoms with Gasteiger partial charge in [0.05, 0.1) is 19.6 Å². The number of piperidine rings is 1.